The van der Waals surface area contributed by atoms with E-state index in [0.717, 1.165) is 18.0 Å². The van der Waals surface area contributed by atoms with E-state index in [0.29, 0.717) is 32.9 Å². The van der Waals surface area contributed by atoms with Crippen LogP contribution < -0.4 is 10.6 Å². The van der Waals surface area contributed by atoms with Crippen molar-refractivity contribution in [2.75, 3.05) is 10.6 Å². The lowest BCUT2D eigenvalue weighted by molar-refractivity contribution is 0.480. The third kappa shape index (κ3) is 5.28. The zero-order chi connectivity index (χ0) is 29.2. The van der Waals surface area contributed by atoms with Gasteiger partial charge >= 0.3 is 0 Å². The van der Waals surface area contributed by atoms with E-state index in [2.05, 4.69) is 42.0 Å². The Morgan fingerprint density at radius 1 is 0.952 bits per heavy atom. The number of pyridine rings is 3. The molecular weight excluding hydrogens is 567 g/mol. The van der Waals surface area contributed by atoms with Crippen molar-refractivity contribution in [1.82, 2.24) is 29.9 Å². The highest BCUT2D eigenvalue weighted by molar-refractivity contribution is 6.32. The van der Waals surface area contributed by atoms with Gasteiger partial charge in [-0.2, -0.15) is 9.65 Å². The Morgan fingerprint density at radius 2 is 1.74 bits per heavy atom. The van der Waals surface area contributed by atoms with Crippen LogP contribution in [-0.4, -0.2) is 29.9 Å². The summed E-state index contributed by atoms with van der Waals surface area (Å²) in [6, 6.07) is 15.1. The predicted octanol–water partition coefficient (Wildman–Crippen LogP) is 6.49. The normalized spacial score (nSPS) is 11.7. The van der Waals surface area contributed by atoms with Gasteiger partial charge in [0.2, 0.25) is 5.95 Å². The maximum atomic E-state index is 13.9. The van der Waals surface area contributed by atoms with Crippen molar-refractivity contribution in [2.24, 2.45) is 0 Å². The second kappa shape index (κ2) is 11.1. The van der Waals surface area contributed by atoms with Crippen LogP contribution in [0.3, 0.4) is 0 Å². The molecule has 6 rings (SSSR count). The molecule has 4 aromatic heterocycles. The molecule has 2 N–H and O–H groups in total. The van der Waals surface area contributed by atoms with Crippen LogP contribution in [0.15, 0.2) is 85.6 Å². The van der Waals surface area contributed by atoms with Gasteiger partial charge < -0.3 is 10.6 Å². The van der Waals surface area contributed by atoms with Gasteiger partial charge in [0.05, 0.1) is 52.3 Å². The molecule has 0 aliphatic rings. The maximum Gasteiger partial charge on any atom is 0.249 e. The van der Waals surface area contributed by atoms with E-state index >= 15 is 0 Å². The lowest BCUT2D eigenvalue weighted by Crippen LogP contribution is -2.14. The average Bonchev–Trinajstić information content (AvgIpc) is 3.49. The van der Waals surface area contributed by atoms with E-state index in [1.165, 1.54) is 18.3 Å². The van der Waals surface area contributed by atoms with Crippen LogP contribution in [-0.2, 0) is 0 Å². The molecule has 0 amide bonds. The Hall–Kier alpha value is -5.54. The SMILES string of the molecule is N#Cc1cnc2c(N[C@@H](c3ccc(F)cc3)c3cn(-c4ccncc4)nn3)cc(Cl)cc2c1Nc1cnc(F)c(F)c1. The third-order valence-corrected chi connectivity index (χ3v) is 6.58. The molecule has 42 heavy (non-hydrogen) atoms. The number of hydrogen-bond donors (Lipinski definition) is 2. The number of nitrogens with one attached hydrogen (secondary N) is 2. The van der Waals surface area contributed by atoms with Crippen LogP contribution in [0.2, 0.25) is 5.02 Å². The number of anilines is 3. The minimum absolute atomic E-state index is 0.115. The molecule has 0 radical (unpaired) electrons. The molecule has 0 fully saturated rings. The average molecular weight is 584 g/mol. The number of halogens is 4. The lowest BCUT2D eigenvalue weighted by Gasteiger charge is -2.21. The Morgan fingerprint density at radius 3 is 2.48 bits per heavy atom. The number of hydrogen-bond acceptors (Lipinski definition) is 8. The number of benzene rings is 2. The van der Waals surface area contributed by atoms with Gasteiger partial charge in [0.25, 0.3) is 0 Å². The third-order valence-electron chi connectivity index (χ3n) is 6.36. The van der Waals surface area contributed by atoms with E-state index in [-0.39, 0.29) is 16.9 Å². The van der Waals surface area contributed by atoms with Crippen LogP contribution in [0.5, 0.6) is 0 Å². The van der Waals surface area contributed by atoms with Crippen molar-refractivity contribution >= 4 is 39.6 Å². The van der Waals surface area contributed by atoms with E-state index in [9.17, 15) is 18.4 Å². The van der Waals surface area contributed by atoms with Crippen LogP contribution in [0, 0.1) is 28.9 Å². The summed E-state index contributed by atoms with van der Waals surface area (Å²) >= 11 is 6.53. The summed E-state index contributed by atoms with van der Waals surface area (Å²) in [5, 5.41) is 25.4. The molecule has 1 atom stereocenters. The summed E-state index contributed by atoms with van der Waals surface area (Å²) in [4.78, 5) is 11.9. The number of nitrogens with zero attached hydrogens (tertiary/aromatic N) is 7. The summed E-state index contributed by atoms with van der Waals surface area (Å²) in [5.74, 6) is -2.80. The van der Waals surface area contributed by atoms with E-state index in [1.54, 1.807) is 59.7 Å². The summed E-state index contributed by atoms with van der Waals surface area (Å²) in [6.07, 6.45) is 7.45. The molecule has 4 heterocycles. The number of rotatable bonds is 7. The molecule has 2 aromatic carbocycles. The topological polar surface area (TPSA) is 117 Å². The first kappa shape index (κ1) is 26.7. The highest BCUT2D eigenvalue weighted by Gasteiger charge is 2.22. The van der Waals surface area contributed by atoms with Crippen molar-refractivity contribution in [3.8, 4) is 11.8 Å². The quantitative estimate of drug-likeness (QED) is 0.205. The molecule has 6 aromatic rings. The van der Waals surface area contributed by atoms with Crippen LogP contribution in [0.1, 0.15) is 22.9 Å². The van der Waals surface area contributed by atoms with Gasteiger partial charge in [-0.1, -0.05) is 28.9 Å². The fourth-order valence-corrected chi connectivity index (χ4v) is 4.62. The summed E-state index contributed by atoms with van der Waals surface area (Å²) in [6.45, 7) is 0. The first-order chi connectivity index (χ1) is 20.4. The van der Waals surface area contributed by atoms with Crippen LogP contribution in [0.4, 0.5) is 30.2 Å². The molecule has 0 unspecified atom stereocenters. The highest BCUT2D eigenvalue weighted by Crippen LogP contribution is 2.37. The van der Waals surface area contributed by atoms with Gasteiger partial charge in [0.1, 0.15) is 17.6 Å². The minimum Gasteiger partial charge on any atom is -0.371 e. The van der Waals surface area contributed by atoms with E-state index < -0.39 is 23.6 Å². The van der Waals surface area contributed by atoms with Gasteiger partial charge in [-0.15, -0.1) is 5.10 Å². The van der Waals surface area contributed by atoms with Gasteiger partial charge in [-0.3, -0.25) is 9.97 Å². The Balaban J connectivity index is 1.46. The fourth-order valence-electron chi connectivity index (χ4n) is 4.40. The molecule has 0 bridgehead atoms. The van der Waals surface area contributed by atoms with Crippen molar-refractivity contribution in [2.45, 2.75) is 6.04 Å². The van der Waals surface area contributed by atoms with Gasteiger partial charge in [0, 0.05) is 35.1 Å². The zero-order valence-electron chi connectivity index (χ0n) is 21.3. The fraction of sp³-hybridized carbons (Fsp3) is 0.0345. The molecule has 0 saturated carbocycles. The molecular formula is C29H17ClF3N9. The molecule has 13 heteroatoms. The Bertz CT molecular complexity index is 1960. The monoisotopic (exact) mass is 583 g/mol. The van der Waals surface area contributed by atoms with Crippen LogP contribution >= 0.6 is 11.6 Å². The van der Waals surface area contributed by atoms with Crippen molar-refractivity contribution in [3.63, 3.8) is 0 Å². The van der Waals surface area contributed by atoms with Gasteiger partial charge in [-0.25, -0.2) is 18.4 Å². The van der Waals surface area contributed by atoms with Gasteiger partial charge in [-0.05, 0) is 42.0 Å². The number of nitriles is 1. The zero-order valence-corrected chi connectivity index (χ0v) is 22.1. The summed E-state index contributed by atoms with van der Waals surface area (Å²) in [5.41, 5.74) is 3.30. The molecule has 0 spiro atoms. The Kier molecular flexibility index (Phi) is 7.08. The molecule has 0 saturated heterocycles. The largest absolute Gasteiger partial charge is 0.371 e. The first-order valence-electron chi connectivity index (χ1n) is 12.3. The second-order valence-corrected chi connectivity index (χ2v) is 9.49. The summed E-state index contributed by atoms with van der Waals surface area (Å²) < 4.78 is 42.7. The Labute approximate surface area is 241 Å². The number of fused-ring (bicyclic) bond motifs is 1. The lowest BCUT2D eigenvalue weighted by atomic mass is 10.0. The molecule has 0 aliphatic heterocycles. The van der Waals surface area contributed by atoms with Gasteiger partial charge in [0.15, 0.2) is 5.82 Å². The minimum atomic E-state index is -1.25. The van der Waals surface area contributed by atoms with E-state index in [1.807, 2.05) is 0 Å². The van der Waals surface area contributed by atoms with E-state index in [4.69, 9.17) is 11.6 Å². The maximum absolute atomic E-state index is 13.9. The molecule has 9 nitrogen and oxygen atoms in total. The van der Waals surface area contributed by atoms with Crippen LogP contribution in [0.25, 0.3) is 16.6 Å². The second-order valence-electron chi connectivity index (χ2n) is 9.05. The molecule has 206 valence electrons. The molecule has 0 aliphatic carbocycles. The first-order valence-corrected chi connectivity index (χ1v) is 12.7. The van der Waals surface area contributed by atoms with Crippen molar-refractivity contribution in [3.05, 3.63) is 125 Å². The predicted molar refractivity (Wildman–Crippen MR) is 150 cm³/mol. The summed E-state index contributed by atoms with van der Waals surface area (Å²) in [7, 11) is 0. The standard InChI is InChI=1S/C29H17ClF3N9/c30-18-9-22-26(38-20-11-23(32)29(33)37-14-20)17(12-34)13-36-28(22)24(10-18)39-27(16-1-3-19(31)4-2-16)25-15-42(41-40-25)21-5-7-35-8-6-21/h1-11,13-15,27,39H,(H,36,38)/t27-/m0/s1. The smallest absolute Gasteiger partial charge is 0.249 e. The van der Waals surface area contributed by atoms with Crippen molar-refractivity contribution in [1.29, 1.82) is 5.26 Å². The van der Waals surface area contributed by atoms with Crippen molar-refractivity contribution < 1.29 is 13.2 Å². The highest BCUT2D eigenvalue weighted by atomic mass is 35.5. The number of aromatic nitrogens is 6.